The van der Waals surface area contributed by atoms with Crippen molar-refractivity contribution in [2.24, 2.45) is 0 Å². The van der Waals surface area contributed by atoms with Crippen molar-refractivity contribution in [2.45, 2.75) is 33.1 Å². The summed E-state index contributed by atoms with van der Waals surface area (Å²) in [5, 5.41) is 0. The van der Waals surface area contributed by atoms with E-state index < -0.39 is 0 Å². The first kappa shape index (κ1) is 15.8. The Morgan fingerprint density at radius 1 is 1.11 bits per heavy atom. The third-order valence-electron chi connectivity index (χ3n) is 2.92. The van der Waals surface area contributed by atoms with E-state index in [2.05, 4.69) is 42.6 Å². The van der Waals surface area contributed by atoms with Gasteiger partial charge in [0.05, 0.1) is 0 Å². The number of pyridine rings is 1. The minimum atomic E-state index is 0. The van der Waals surface area contributed by atoms with Gasteiger partial charge in [0, 0.05) is 36.9 Å². The zero-order valence-electron chi connectivity index (χ0n) is 11.7. The summed E-state index contributed by atoms with van der Waals surface area (Å²) in [7, 11) is 0. The maximum atomic E-state index is 4.35. The van der Waals surface area contributed by atoms with Crippen LogP contribution >= 0.6 is 0 Å². The van der Waals surface area contributed by atoms with E-state index in [1.54, 1.807) is 12.5 Å². The number of rotatable bonds is 1. The van der Waals surface area contributed by atoms with E-state index in [1.807, 2.05) is 19.1 Å². The molecule has 0 spiro atoms. The summed E-state index contributed by atoms with van der Waals surface area (Å²) in [5.74, 6) is 0. The monoisotopic (exact) mass is 433 g/mol. The van der Waals surface area contributed by atoms with Crippen molar-refractivity contribution in [2.75, 3.05) is 0 Å². The summed E-state index contributed by atoms with van der Waals surface area (Å²) < 4.78 is 0. The Balaban J connectivity index is 0.00000180. The summed E-state index contributed by atoms with van der Waals surface area (Å²) in [4.78, 5) is 13.0. The van der Waals surface area contributed by atoms with Gasteiger partial charge in [-0.1, -0.05) is 26.3 Å². The van der Waals surface area contributed by atoms with Gasteiger partial charge in [-0.05, 0) is 24.9 Å². The van der Waals surface area contributed by atoms with E-state index in [4.69, 9.17) is 0 Å². The van der Waals surface area contributed by atoms with Gasteiger partial charge in [-0.3, -0.25) is 4.98 Å². The van der Waals surface area contributed by atoms with Crippen LogP contribution in [0.1, 0.15) is 37.7 Å². The first-order valence-corrected chi connectivity index (χ1v) is 6.00. The number of hydrogen-bond acceptors (Lipinski definition) is 3. The van der Waals surface area contributed by atoms with Crippen LogP contribution in [0.15, 0.2) is 24.7 Å². The zero-order valence-corrected chi connectivity index (χ0v) is 14.1. The van der Waals surface area contributed by atoms with E-state index >= 15 is 0 Å². The summed E-state index contributed by atoms with van der Waals surface area (Å²) in [6, 6.07) is 3.93. The number of aryl methyl sites for hydroxylation is 1. The van der Waals surface area contributed by atoms with Gasteiger partial charge in [0.2, 0.25) is 0 Å². The van der Waals surface area contributed by atoms with Crippen LogP contribution in [-0.2, 0) is 25.5 Å². The Morgan fingerprint density at radius 3 is 2.37 bits per heavy atom. The Kier molecular flexibility index (Phi) is 4.83. The third-order valence-corrected chi connectivity index (χ3v) is 2.92. The van der Waals surface area contributed by atoms with Gasteiger partial charge in [0.15, 0.2) is 0 Å². The fourth-order valence-corrected chi connectivity index (χ4v) is 1.87. The predicted molar refractivity (Wildman–Crippen MR) is 73.2 cm³/mol. The molecule has 0 unspecified atom stereocenters. The average Bonchev–Trinajstić information content (AvgIpc) is 2.28. The first-order valence-electron chi connectivity index (χ1n) is 6.00. The van der Waals surface area contributed by atoms with Gasteiger partial charge < -0.3 is 0 Å². The molecular formula is C15H18IrN3-. The van der Waals surface area contributed by atoms with Crippen molar-refractivity contribution >= 4 is 0 Å². The molecule has 2 heterocycles. The molecule has 2 aromatic heterocycles. The number of nitrogens with zero attached hydrogens (tertiary/aromatic N) is 3. The second kappa shape index (κ2) is 5.81. The largest absolute Gasteiger partial charge is 0.287 e. The van der Waals surface area contributed by atoms with Crippen molar-refractivity contribution in [3.05, 3.63) is 48.5 Å². The molecule has 0 saturated heterocycles. The van der Waals surface area contributed by atoms with Crippen LogP contribution in [0.25, 0.3) is 11.3 Å². The van der Waals surface area contributed by atoms with E-state index in [9.17, 15) is 0 Å². The molecule has 0 N–H and O–H groups in total. The molecule has 3 nitrogen and oxygen atoms in total. The van der Waals surface area contributed by atoms with Crippen molar-refractivity contribution in [1.82, 2.24) is 15.0 Å². The SMILES string of the molecule is [CH2-]c1ccnc(C)c1-c1cc(C(C)(C)C)ncn1.[Ir]. The molecule has 0 aliphatic rings. The van der Waals surface area contributed by atoms with Gasteiger partial charge in [-0.2, -0.15) is 12.5 Å². The molecule has 0 aliphatic heterocycles. The molecule has 4 heteroatoms. The predicted octanol–water partition coefficient (Wildman–Crippen LogP) is 3.32. The molecule has 0 bridgehead atoms. The molecule has 103 valence electrons. The molecule has 0 aromatic carbocycles. The van der Waals surface area contributed by atoms with Crippen LogP contribution in [0.5, 0.6) is 0 Å². The van der Waals surface area contributed by atoms with Gasteiger partial charge in [-0.25, -0.2) is 9.97 Å². The standard InChI is InChI=1S/C15H18N3.Ir/c1-10-6-7-16-11(2)14(10)12-8-13(15(3,4)5)18-9-17-12;/h6-9H,1H2,2-5H3;/q-1;. The fraction of sp³-hybridized carbons (Fsp3) is 0.333. The minimum absolute atomic E-state index is 0. The summed E-state index contributed by atoms with van der Waals surface area (Å²) >= 11 is 0. The van der Waals surface area contributed by atoms with E-state index in [0.717, 1.165) is 28.2 Å². The van der Waals surface area contributed by atoms with Crippen LogP contribution in [-0.4, -0.2) is 15.0 Å². The summed E-state index contributed by atoms with van der Waals surface area (Å²) in [6.45, 7) is 12.4. The maximum Gasteiger partial charge on any atom is 0.115 e. The fourth-order valence-electron chi connectivity index (χ4n) is 1.87. The molecule has 0 aliphatic carbocycles. The topological polar surface area (TPSA) is 38.7 Å². The smallest absolute Gasteiger partial charge is 0.115 e. The molecule has 0 saturated carbocycles. The molecule has 19 heavy (non-hydrogen) atoms. The number of hydrogen-bond donors (Lipinski definition) is 0. The summed E-state index contributed by atoms with van der Waals surface area (Å²) in [5.41, 5.74) is 4.82. The molecule has 0 amide bonds. The molecule has 2 aromatic rings. The zero-order chi connectivity index (χ0) is 13.3. The second-order valence-corrected chi connectivity index (χ2v) is 5.47. The van der Waals surface area contributed by atoms with Crippen molar-refractivity contribution < 1.29 is 20.1 Å². The molecule has 0 fully saturated rings. The van der Waals surface area contributed by atoms with Gasteiger partial charge in [-0.15, -0.1) is 6.07 Å². The van der Waals surface area contributed by atoms with Gasteiger partial charge in [0.1, 0.15) is 6.33 Å². The Morgan fingerprint density at radius 2 is 1.79 bits per heavy atom. The minimum Gasteiger partial charge on any atom is -0.287 e. The molecule has 1 radical (unpaired) electrons. The maximum absolute atomic E-state index is 4.35. The van der Waals surface area contributed by atoms with Crippen molar-refractivity contribution in [1.29, 1.82) is 0 Å². The average molecular weight is 433 g/mol. The van der Waals surface area contributed by atoms with E-state index in [1.165, 1.54) is 0 Å². The van der Waals surface area contributed by atoms with Crippen molar-refractivity contribution in [3.63, 3.8) is 0 Å². The Hall–Kier alpha value is -1.25. The van der Waals surface area contributed by atoms with Crippen LogP contribution in [0, 0.1) is 13.8 Å². The molecule has 2 rings (SSSR count). The van der Waals surface area contributed by atoms with Crippen LogP contribution in [0.4, 0.5) is 0 Å². The quantitative estimate of drug-likeness (QED) is 0.649. The molecule has 0 atom stereocenters. The Bertz CT molecular complexity index is 554. The van der Waals surface area contributed by atoms with Crippen molar-refractivity contribution in [3.8, 4) is 11.3 Å². The first-order chi connectivity index (χ1) is 8.39. The second-order valence-electron chi connectivity index (χ2n) is 5.47. The van der Waals surface area contributed by atoms with Gasteiger partial charge in [0.25, 0.3) is 0 Å². The Labute approximate surface area is 128 Å². The van der Waals surface area contributed by atoms with Crippen LogP contribution < -0.4 is 0 Å². The van der Waals surface area contributed by atoms with E-state index in [-0.39, 0.29) is 25.5 Å². The summed E-state index contributed by atoms with van der Waals surface area (Å²) in [6.07, 6.45) is 3.38. The normalized spacial score (nSPS) is 10.9. The van der Waals surface area contributed by atoms with E-state index in [0.29, 0.717) is 0 Å². The number of aromatic nitrogens is 3. The third kappa shape index (κ3) is 3.40. The molecular weight excluding hydrogens is 414 g/mol. The van der Waals surface area contributed by atoms with Gasteiger partial charge >= 0.3 is 0 Å². The van der Waals surface area contributed by atoms with Crippen LogP contribution in [0.3, 0.4) is 0 Å². The van der Waals surface area contributed by atoms with Crippen LogP contribution in [0.2, 0.25) is 0 Å².